The maximum atomic E-state index is 11.5. The third-order valence-electron chi connectivity index (χ3n) is 2.76. The maximum Gasteiger partial charge on any atom is 0.258 e. The summed E-state index contributed by atoms with van der Waals surface area (Å²) in [6.07, 6.45) is 2.45. The monoisotopic (exact) mass is 244 g/mol. The molecule has 0 saturated carbocycles. The van der Waals surface area contributed by atoms with Gasteiger partial charge in [-0.05, 0) is 18.2 Å². The number of rotatable bonds is 2. The van der Waals surface area contributed by atoms with Crippen LogP contribution in [-0.4, -0.2) is 24.8 Å². The van der Waals surface area contributed by atoms with E-state index in [4.69, 9.17) is 0 Å². The summed E-state index contributed by atoms with van der Waals surface area (Å²) >= 11 is 0. The van der Waals surface area contributed by atoms with Gasteiger partial charge in [-0.15, -0.1) is 0 Å². The number of anilines is 2. The van der Waals surface area contributed by atoms with Crippen molar-refractivity contribution in [1.82, 2.24) is 0 Å². The van der Waals surface area contributed by atoms with Crippen LogP contribution in [0.15, 0.2) is 36.4 Å². The Morgan fingerprint density at radius 3 is 2.33 bits per heavy atom. The Balaban J connectivity index is 2.36. The average molecular weight is 244 g/mol. The van der Waals surface area contributed by atoms with Crippen LogP contribution >= 0.6 is 0 Å². The molecular formula is C13H12N2O3. The zero-order chi connectivity index (χ0) is 13.3. The molecule has 1 aliphatic heterocycles. The molecule has 1 heterocycles. The largest absolute Gasteiger partial charge is 0.316 e. The van der Waals surface area contributed by atoms with Gasteiger partial charge in [0.1, 0.15) is 0 Å². The number of amides is 3. The van der Waals surface area contributed by atoms with Gasteiger partial charge in [-0.2, -0.15) is 0 Å². The van der Waals surface area contributed by atoms with Crippen molar-refractivity contribution in [3.63, 3.8) is 0 Å². The van der Waals surface area contributed by atoms with Gasteiger partial charge in [0.2, 0.25) is 5.91 Å². The Labute approximate surface area is 104 Å². The van der Waals surface area contributed by atoms with Crippen molar-refractivity contribution in [3.8, 4) is 0 Å². The van der Waals surface area contributed by atoms with Crippen LogP contribution in [0.1, 0.15) is 6.92 Å². The maximum absolute atomic E-state index is 11.5. The van der Waals surface area contributed by atoms with Gasteiger partial charge in [-0.25, -0.2) is 4.90 Å². The molecule has 0 fully saturated rings. The van der Waals surface area contributed by atoms with Gasteiger partial charge in [0.05, 0.1) is 5.69 Å². The third-order valence-corrected chi connectivity index (χ3v) is 2.76. The van der Waals surface area contributed by atoms with Crippen LogP contribution in [0, 0.1) is 0 Å². The van der Waals surface area contributed by atoms with Gasteiger partial charge in [-0.1, -0.05) is 6.07 Å². The van der Waals surface area contributed by atoms with Gasteiger partial charge in [0, 0.05) is 31.8 Å². The molecule has 0 aromatic heterocycles. The molecule has 3 amide bonds. The Kier molecular flexibility index (Phi) is 2.97. The number of nitrogens with zero attached hydrogens (tertiary/aromatic N) is 2. The van der Waals surface area contributed by atoms with Crippen molar-refractivity contribution in [2.24, 2.45) is 0 Å². The van der Waals surface area contributed by atoms with Crippen LogP contribution < -0.4 is 9.80 Å². The summed E-state index contributed by atoms with van der Waals surface area (Å²) in [7, 11) is 1.63. The molecule has 18 heavy (non-hydrogen) atoms. The van der Waals surface area contributed by atoms with Gasteiger partial charge >= 0.3 is 0 Å². The highest BCUT2D eigenvalue weighted by molar-refractivity contribution is 6.28. The van der Waals surface area contributed by atoms with Crippen molar-refractivity contribution >= 4 is 29.1 Å². The van der Waals surface area contributed by atoms with Crippen LogP contribution in [0.5, 0.6) is 0 Å². The van der Waals surface area contributed by atoms with Gasteiger partial charge in [0.25, 0.3) is 11.8 Å². The molecule has 0 atom stereocenters. The SMILES string of the molecule is CC(=O)N(C)c1cccc(N2C(=O)C=CC2=O)c1. The second-order valence-electron chi connectivity index (χ2n) is 3.94. The smallest absolute Gasteiger partial charge is 0.258 e. The quantitative estimate of drug-likeness (QED) is 0.732. The molecule has 0 spiro atoms. The van der Waals surface area contributed by atoms with Crippen molar-refractivity contribution in [1.29, 1.82) is 0 Å². The zero-order valence-corrected chi connectivity index (χ0v) is 10.1. The van der Waals surface area contributed by atoms with Crippen LogP contribution in [0.4, 0.5) is 11.4 Å². The van der Waals surface area contributed by atoms with E-state index in [9.17, 15) is 14.4 Å². The van der Waals surface area contributed by atoms with E-state index < -0.39 is 0 Å². The Hall–Kier alpha value is -2.43. The summed E-state index contributed by atoms with van der Waals surface area (Å²) in [6, 6.07) is 6.72. The molecule has 0 radical (unpaired) electrons. The minimum absolute atomic E-state index is 0.121. The molecule has 5 heteroatoms. The fourth-order valence-electron chi connectivity index (χ4n) is 1.68. The van der Waals surface area contributed by atoms with Gasteiger partial charge in [-0.3, -0.25) is 14.4 Å². The molecule has 2 rings (SSSR count). The van der Waals surface area contributed by atoms with Crippen LogP contribution in [0.2, 0.25) is 0 Å². The summed E-state index contributed by atoms with van der Waals surface area (Å²) in [5.41, 5.74) is 1.09. The van der Waals surface area contributed by atoms with E-state index in [0.717, 1.165) is 4.90 Å². The van der Waals surface area contributed by atoms with Crippen LogP contribution in [0.25, 0.3) is 0 Å². The molecule has 1 aliphatic rings. The molecule has 1 aromatic carbocycles. The Bertz CT molecular complexity index is 545. The molecule has 5 nitrogen and oxygen atoms in total. The lowest BCUT2D eigenvalue weighted by Gasteiger charge is -2.19. The zero-order valence-electron chi connectivity index (χ0n) is 10.1. The second kappa shape index (κ2) is 4.44. The topological polar surface area (TPSA) is 57.7 Å². The number of hydrogen-bond donors (Lipinski definition) is 0. The first-order valence-electron chi connectivity index (χ1n) is 5.41. The highest BCUT2D eigenvalue weighted by Gasteiger charge is 2.25. The lowest BCUT2D eigenvalue weighted by atomic mass is 10.2. The molecule has 1 aromatic rings. The van der Waals surface area contributed by atoms with Crippen molar-refractivity contribution < 1.29 is 14.4 Å². The van der Waals surface area contributed by atoms with Crippen LogP contribution in [0.3, 0.4) is 0 Å². The lowest BCUT2D eigenvalue weighted by Crippen LogP contribution is -2.30. The number of benzene rings is 1. The first kappa shape index (κ1) is 12.0. The fourth-order valence-corrected chi connectivity index (χ4v) is 1.68. The average Bonchev–Trinajstić information content (AvgIpc) is 2.68. The fraction of sp³-hybridized carbons (Fsp3) is 0.154. The van der Waals surface area contributed by atoms with E-state index in [-0.39, 0.29) is 17.7 Å². The molecule has 92 valence electrons. The molecular weight excluding hydrogens is 232 g/mol. The van der Waals surface area contributed by atoms with Gasteiger partial charge < -0.3 is 4.90 Å². The minimum atomic E-state index is -0.373. The van der Waals surface area contributed by atoms with Crippen molar-refractivity contribution in [3.05, 3.63) is 36.4 Å². The summed E-state index contributed by atoms with van der Waals surface area (Å²) in [5.74, 6) is -0.866. The number of carbonyl (C=O) groups is 3. The second-order valence-corrected chi connectivity index (χ2v) is 3.94. The lowest BCUT2D eigenvalue weighted by molar-refractivity contribution is -0.120. The Morgan fingerprint density at radius 2 is 1.78 bits per heavy atom. The summed E-state index contributed by atoms with van der Waals surface area (Å²) < 4.78 is 0. The van der Waals surface area contributed by atoms with E-state index in [1.54, 1.807) is 31.3 Å². The third kappa shape index (κ3) is 2.02. The molecule has 0 unspecified atom stereocenters. The van der Waals surface area contributed by atoms with E-state index in [1.165, 1.54) is 24.0 Å². The molecule has 0 N–H and O–H groups in total. The van der Waals surface area contributed by atoms with Gasteiger partial charge in [0.15, 0.2) is 0 Å². The molecule has 0 aliphatic carbocycles. The highest BCUT2D eigenvalue weighted by Crippen LogP contribution is 2.24. The van der Waals surface area contributed by atoms with Crippen molar-refractivity contribution in [2.45, 2.75) is 6.92 Å². The van der Waals surface area contributed by atoms with E-state index in [2.05, 4.69) is 0 Å². The molecule has 0 bridgehead atoms. The predicted octanol–water partition coefficient (Wildman–Crippen LogP) is 1.10. The minimum Gasteiger partial charge on any atom is -0.316 e. The standard InChI is InChI=1S/C13H12N2O3/c1-9(16)14(2)10-4-3-5-11(8-10)15-12(17)6-7-13(15)18/h3-8H,1-2H3. The first-order valence-corrected chi connectivity index (χ1v) is 5.41. The van der Waals surface area contributed by atoms with Crippen LogP contribution in [-0.2, 0) is 14.4 Å². The summed E-state index contributed by atoms with van der Waals surface area (Å²) in [5, 5.41) is 0. The van der Waals surface area contributed by atoms with E-state index in [0.29, 0.717) is 11.4 Å². The number of carbonyl (C=O) groups excluding carboxylic acids is 3. The van der Waals surface area contributed by atoms with E-state index in [1.807, 2.05) is 0 Å². The summed E-state index contributed by atoms with van der Waals surface area (Å²) in [4.78, 5) is 36.9. The predicted molar refractivity (Wildman–Crippen MR) is 67.2 cm³/mol. The number of imide groups is 1. The first-order chi connectivity index (χ1) is 8.50. The van der Waals surface area contributed by atoms with E-state index >= 15 is 0 Å². The molecule has 0 saturated heterocycles. The highest BCUT2D eigenvalue weighted by atomic mass is 16.2. The number of hydrogen-bond acceptors (Lipinski definition) is 3. The summed E-state index contributed by atoms with van der Waals surface area (Å²) in [6.45, 7) is 1.44. The van der Waals surface area contributed by atoms with Crippen molar-refractivity contribution in [2.75, 3.05) is 16.8 Å². The Morgan fingerprint density at radius 1 is 1.17 bits per heavy atom. The normalized spacial score (nSPS) is 14.2.